The summed E-state index contributed by atoms with van der Waals surface area (Å²) in [6, 6.07) is 7.58. The number of rotatable bonds is 5. The molecule has 0 radical (unpaired) electrons. The fraction of sp³-hybridized carbons (Fsp3) is 0.333. The number of hydrogen-bond acceptors (Lipinski definition) is 3. The number of nitrogens with zero attached hydrogens (tertiary/aromatic N) is 1. The SMILES string of the molecule is Cn1cccc1CNC(CO)c1ccco1. The summed E-state index contributed by atoms with van der Waals surface area (Å²) in [7, 11) is 2.00. The number of aryl methyl sites for hydroxylation is 1. The fourth-order valence-electron chi connectivity index (χ4n) is 1.65. The first-order valence-corrected chi connectivity index (χ1v) is 5.29. The zero-order valence-corrected chi connectivity index (χ0v) is 9.26. The van der Waals surface area contributed by atoms with Crippen molar-refractivity contribution in [1.29, 1.82) is 0 Å². The topological polar surface area (TPSA) is 50.3 Å². The lowest BCUT2D eigenvalue weighted by atomic mass is 10.2. The molecule has 0 fully saturated rings. The Bertz CT molecular complexity index is 420. The minimum atomic E-state index is -0.148. The zero-order valence-electron chi connectivity index (χ0n) is 9.26. The van der Waals surface area contributed by atoms with Crippen LogP contribution in [-0.4, -0.2) is 16.3 Å². The predicted octanol–water partition coefficient (Wildman–Crippen LogP) is 1.44. The van der Waals surface area contributed by atoms with E-state index in [0.29, 0.717) is 6.54 Å². The molecular weight excluding hydrogens is 204 g/mol. The maximum absolute atomic E-state index is 9.27. The molecule has 0 saturated heterocycles. The van der Waals surface area contributed by atoms with E-state index in [1.54, 1.807) is 6.26 Å². The molecule has 2 heterocycles. The highest BCUT2D eigenvalue weighted by atomic mass is 16.3. The maximum Gasteiger partial charge on any atom is 0.123 e. The van der Waals surface area contributed by atoms with Crippen LogP contribution in [0.1, 0.15) is 17.5 Å². The molecule has 4 heteroatoms. The van der Waals surface area contributed by atoms with E-state index in [4.69, 9.17) is 4.42 Å². The van der Waals surface area contributed by atoms with E-state index < -0.39 is 0 Å². The molecule has 0 aliphatic heterocycles. The predicted molar refractivity (Wildman–Crippen MR) is 60.8 cm³/mol. The standard InChI is InChI=1S/C12H16N2O2/c1-14-6-2-4-10(14)8-13-11(9-15)12-5-3-7-16-12/h2-7,11,13,15H,8-9H2,1H3. The quantitative estimate of drug-likeness (QED) is 0.801. The van der Waals surface area contributed by atoms with Crippen molar-refractivity contribution in [3.8, 4) is 0 Å². The highest BCUT2D eigenvalue weighted by Crippen LogP contribution is 2.13. The third-order valence-electron chi connectivity index (χ3n) is 2.65. The van der Waals surface area contributed by atoms with Crippen molar-refractivity contribution in [3.63, 3.8) is 0 Å². The van der Waals surface area contributed by atoms with Gasteiger partial charge in [0.15, 0.2) is 0 Å². The van der Waals surface area contributed by atoms with Crippen molar-refractivity contribution in [2.45, 2.75) is 12.6 Å². The summed E-state index contributed by atoms with van der Waals surface area (Å²) < 4.78 is 7.30. The van der Waals surface area contributed by atoms with Gasteiger partial charge >= 0.3 is 0 Å². The highest BCUT2D eigenvalue weighted by molar-refractivity contribution is 5.08. The van der Waals surface area contributed by atoms with E-state index >= 15 is 0 Å². The monoisotopic (exact) mass is 220 g/mol. The molecule has 0 aromatic carbocycles. The maximum atomic E-state index is 9.27. The molecule has 2 N–H and O–H groups in total. The fourth-order valence-corrected chi connectivity index (χ4v) is 1.65. The summed E-state index contributed by atoms with van der Waals surface area (Å²) >= 11 is 0. The van der Waals surface area contributed by atoms with Crippen LogP contribution in [0.25, 0.3) is 0 Å². The Hall–Kier alpha value is -1.52. The third-order valence-corrected chi connectivity index (χ3v) is 2.65. The van der Waals surface area contributed by atoms with Crippen molar-refractivity contribution in [2.24, 2.45) is 7.05 Å². The van der Waals surface area contributed by atoms with Gasteiger partial charge in [0.25, 0.3) is 0 Å². The molecular formula is C12H16N2O2. The lowest BCUT2D eigenvalue weighted by Gasteiger charge is -2.14. The molecule has 1 atom stereocenters. The van der Waals surface area contributed by atoms with Crippen molar-refractivity contribution >= 4 is 0 Å². The lowest BCUT2D eigenvalue weighted by molar-refractivity contribution is 0.225. The summed E-state index contributed by atoms with van der Waals surface area (Å²) in [5.74, 6) is 0.761. The van der Waals surface area contributed by atoms with Crippen LogP contribution in [0.5, 0.6) is 0 Å². The van der Waals surface area contributed by atoms with Gasteiger partial charge in [-0.2, -0.15) is 0 Å². The molecule has 0 amide bonds. The van der Waals surface area contributed by atoms with Crippen LogP contribution in [0.15, 0.2) is 41.1 Å². The van der Waals surface area contributed by atoms with Crippen molar-refractivity contribution in [1.82, 2.24) is 9.88 Å². The van der Waals surface area contributed by atoms with Gasteiger partial charge in [0.2, 0.25) is 0 Å². The Labute approximate surface area is 94.5 Å². The zero-order chi connectivity index (χ0) is 11.4. The number of furan rings is 1. The normalized spacial score (nSPS) is 12.9. The Morgan fingerprint density at radius 1 is 1.44 bits per heavy atom. The van der Waals surface area contributed by atoms with Crippen LogP contribution in [0.2, 0.25) is 0 Å². The van der Waals surface area contributed by atoms with E-state index in [1.807, 2.05) is 42.1 Å². The second-order valence-electron chi connectivity index (χ2n) is 3.74. The summed E-state index contributed by atoms with van der Waals surface area (Å²) in [6.07, 6.45) is 3.61. The first-order valence-electron chi connectivity index (χ1n) is 5.29. The second-order valence-corrected chi connectivity index (χ2v) is 3.74. The molecule has 0 saturated carbocycles. The van der Waals surface area contributed by atoms with E-state index in [0.717, 1.165) is 5.76 Å². The molecule has 86 valence electrons. The number of nitrogens with one attached hydrogen (secondary N) is 1. The highest BCUT2D eigenvalue weighted by Gasteiger charge is 2.12. The molecule has 2 rings (SSSR count). The number of hydrogen-bond donors (Lipinski definition) is 2. The molecule has 2 aromatic rings. The van der Waals surface area contributed by atoms with Gasteiger partial charge in [-0.05, 0) is 24.3 Å². The van der Waals surface area contributed by atoms with Crippen LogP contribution in [-0.2, 0) is 13.6 Å². The molecule has 0 aliphatic carbocycles. The number of aliphatic hydroxyl groups is 1. The number of aliphatic hydroxyl groups excluding tert-OH is 1. The average Bonchev–Trinajstić information content (AvgIpc) is 2.92. The van der Waals surface area contributed by atoms with Crippen LogP contribution >= 0.6 is 0 Å². The summed E-state index contributed by atoms with van der Waals surface area (Å²) in [5.41, 5.74) is 1.17. The van der Waals surface area contributed by atoms with Crippen LogP contribution < -0.4 is 5.32 Å². The first kappa shape index (κ1) is 11.0. The van der Waals surface area contributed by atoms with Gasteiger partial charge < -0.3 is 14.1 Å². The van der Waals surface area contributed by atoms with Crippen molar-refractivity contribution in [3.05, 3.63) is 48.2 Å². The largest absolute Gasteiger partial charge is 0.468 e. The minimum absolute atomic E-state index is 0.0257. The van der Waals surface area contributed by atoms with E-state index in [1.165, 1.54) is 5.69 Å². The Morgan fingerprint density at radius 3 is 2.88 bits per heavy atom. The Morgan fingerprint density at radius 2 is 2.31 bits per heavy atom. The van der Waals surface area contributed by atoms with Crippen LogP contribution in [0.3, 0.4) is 0 Å². The third kappa shape index (κ3) is 2.35. The van der Waals surface area contributed by atoms with Crippen molar-refractivity contribution in [2.75, 3.05) is 6.61 Å². The van der Waals surface area contributed by atoms with Gasteiger partial charge in [0.1, 0.15) is 5.76 Å². The Kier molecular flexibility index (Phi) is 3.44. The van der Waals surface area contributed by atoms with Gasteiger partial charge in [-0.1, -0.05) is 0 Å². The van der Waals surface area contributed by atoms with Crippen LogP contribution in [0, 0.1) is 0 Å². The van der Waals surface area contributed by atoms with Gasteiger partial charge in [0, 0.05) is 25.5 Å². The first-order chi connectivity index (χ1) is 7.81. The lowest BCUT2D eigenvalue weighted by Crippen LogP contribution is -2.24. The average molecular weight is 220 g/mol. The second kappa shape index (κ2) is 5.01. The van der Waals surface area contributed by atoms with Gasteiger partial charge in [-0.15, -0.1) is 0 Å². The van der Waals surface area contributed by atoms with Crippen molar-refractivity contribution < 1.29 is 9.52 Å². The number of aromatic nitrogens is 1. The molecule has 0 aliphatic rings. The smallest absolute Gasteiger partial charge is 0.123 e. The summed E-state index contributed by atoms with van der Waals surface area (Å²) in [6.45, 7) is 0.730. The van der Waals surface area contributed by atoms with Gasteiger partial charge in [-0.25, -0.2) is 0 Å². The molecule has 0 spiro atoms. The molecule has 0 bridgehead atoms. The molecule has 2 aromatic heterocycles. The molecule has 1 unspecified atom stereocenters. The molecule has 4 nitrogen and oxygen atoms in total. The molecule has 16 heavy (non-hydrogen) atoms. The van der Waals surface area contributed by atoms with Gasteiger partial charge in [0.05, 0.1) is 18.9 Å². The summed E-state index contributed by atoms with van der Waals surface area (Å²) in [4.78, 5) is 0. The summed E-state index contributed by atoms with van der Waals surface area (Å²) in [5, 5.41) is 12.5. The Balaban J connectivity index is 1.96. The van der Waals surface area contributed by atoms with E-state index in [2.05, 4.69) is 5.32 Å². The van der Waals surface area contributed by atoms with Crippen LogP contribution in [0.4, 0.5) is 0 Å². The van der Waals surface area contributed by atoms with E-state index in [-0.39, 0.29) is 12.6 Å². The van der Waals surface area contributed by atoms with E-state index in [9.17, 15) is 5.11 Å². The minimum Gasteiger partial charge on any atom is -0.468 e. The van der Waals surface area contributed by atoms with Gasteiger partial charge in [-0.3, -0.25) is 5.32 Å².